The minimum Gasteiger partial charge on any atom is -0.340 e. The molecule has 152 valence electrons. The van der Waals surface area contributed by atoms with Crippen LogP contribution in [-0.4, -0.2) is 80.2 Å². The van der Waals surface area contributed by atoms with Crippen molar-refractivity contribution in [3.8, 4) is 0 Å². The van der Waals surface area contributed by atoms with Crippen LogP contribution in [0.25, 0.3) is 0 Å². The van der Waals surface area contributed by atoms with E-state index in [-0.39, 0.29) is 30.3 Å². The largest absolute Gasteiger partial charge is 0.340 e. The molecule has 0 spiro atoms. The first kappa shape index (κ1) is 21.9. The van der Waals surface area contributed by atoms with Gasteiger partial charge >= 0.3 is 0 Å². The highest BCUT2D eigenvalue weighted by molar-refractivity contribution is 7.86. The number of nitrogens with one attached hydrogen (secondary N) is 1. The lowest BCUT2D eigenvalue weighted by atomic mass is 9.88. The second-order valence-corrected chi connectivity index (χ2v) is 9.74. The zero-order valence-corrected chi connectivity index (χ0v) is 17.5. The summed E-state index contributed by atoms with van der Waals surface area (Å²) >= 11 is 0. The average Bonchev–Trinajstić information content (AvgIpc) is 2.59. The number of hydrogen-bond acceptors (Lipinski definition) is 4. The van der Waals surface area contributed by atoms with Gasteiger partial charge in [-0.25, -0.2) is 0 Å². The van der Waals surface area contributed by atoms with Crippen LogP contribution in [0, 0.1) is 11.8 Å². The molecule has 0 radical (unpaired) electrons. The number of piperazine rings is 1. The molecular weight excluding hydrogens is 376 g/mol. The van der Waals surface area contributed by atoms with Gasteiger partial charge in [0, 0.05) is 45.2 Å². The van der Waals surface area contributed by atoms with Gasteiger partial charge in [-0.05, 0) is 31.8 Å². The minimum absolute atomic E-state index is 0. The molecule has 3 aliphatic rings. The molecule has 3 rings (SSSR count). The number of amides is 1. The Kier molecular flexibility index (Phi) is 7.73. The summed E-state index contributed by atoms with van der Waals surface area (Å²) in [5.41, 5.74) is 0. The third-order valence-electron chi connectivity index (χ3n) is 6.24. The molecule has 2 aliphatic heterocycles. The van der Waals surface area contributed by atoms with Crippen LogP contribution in [0.4, 0.5) is 0 Å². The average molecular weight is 409 g/mol. The topological polar surface area (TPSA) is 73.0 Å². The molecule has 1 amide bonds. The van der Waals surface area contributed by atoms with Crippen molar-refractivity contribution in [3.63, 3.8) is 0 Å². The molecule has 1 unspecified atom stereocenters. The lowest BCUT2D eigenvalue weighted by Crippen LogP contribution is -2.57. The fourth-order valence-corrected chi connectivity index (χ4v) is 5.69. The van der Waals surface area contributed by atoms with Crippen LogP contribution < -0.4 is 5.32 Å². The maximum atomic E-state index is 12.9. The van der Waals surface area contributed by atoms with E-state index in [1.54, 1.807) is 15.7 Å². The van der Waals surface area contributed by atoms with Crippen molar-refractivity contribution in [3.05, 3.63) is 0 Å². The second-order valence-electron chi connectivity index (χ2n) is 7.75. The molecule has 1 saturated carbocycles. The molecule has 2 heterocycles. The van der Waals surface area contributed by atoms with E-state index in [9.17, 15) is 13.2 Å². The van der Waals surface area contributed by atoms with E-state index in [2.05, 4.69) is 5.32 Å². The zero-order chi connectivity index (χ0) is 18.0. The van der Waals surface area contributed by atoms with Crippen molar-refractivity contribution in [2.45, 2.75) is 45.1 Å². The lowest BCUT2D eigenvalue weighted by molar-refractivity contribution is -0.138. The van der Waals surface area contributed by atoms with E-state index < -0.39 is 10.2 Å². The van der Waals surface area contributed by atoms with Gasteiger partial charge in [0.1, 0.15) is 0 Å². The number of nitrogens with zero attached hydrogens (tertiary/aromatic N) is 3. The Balaban J connectivity index is 0.00000243. The Morgan fingerprint density at radius 2 is 1.65 bits per heavy atom. The third-order valence-corrected chi connectivity index (χ3v) is 8.28. The molecule has 0 bridgehead atoms. The smallest absolute Gasteiger partial charge is 0.282 e. The predicted octanol–water partition coefficient (Wildman–Crippen LogP) is 0.917. The van der Waals surface area contributed by atoms with Gasteiger partial charge in [0.05, 0.1) is 0 Å². The maximum absolute atomic E-state index is 12.9. The van der Waals surface area contributed by atoms with Crippen LogP contribution in [0.15, 0.2) is 0 Å². The van der Waals surface area contributed by atoms with Gasteiger partial charge in [-0.2, -0.15) is 17.0 Å². The zero-order valence-electron chi connectivity index (χ0n) is 15.9. The van der Waals surface area contributed by atoms with Gasteiger partial charge in [0.25, 0.3) is 10.2 Å². The highest BCUT2D eigenvalue weighted by Crippen LogP contribution is 2.25. The fraction of sp³-hybridized carbons (Fsp3) is 0.941. The first-order valence-corrected chi connectivity index (χ1v) is 11.0. The Labute approximate surface area is 164 Å². The summed E-state index contributed by atoms with van der Waals surface area (Å²) in [6.07, 6.45) is 5.35. The summed E-state index contributed by atoms with van der Waals surface area (Å²) < 4.78 is 28.9. The van der Waals surface area contributed by atoms with E-state index in [1.165, 1.54) is 6.42 Å². The van der Waals surface area contributed by atoms with Crippen molar-refractivity contribution in [1.29, 1.82) is 0 Å². The third kappa shape index (κ3) is 4.52. The maximum Gasteiger partial charge on any atom is 0.282 e. The van der Waals surface area contributed by atoms with E-state index >= 15 is 0 Å². The normalized spacial score (nSPS) is 24.8. The van der Waals surface area contributed by atoms with Crippen LogP contribution in [0.5, 0.6) is 0 Å². The molecule has 0 aromatic carbocycles. The van der Waals surface area contributed by atoms with E-state index in [0.717, 1.165) is 38.8 Å². The standard InChI is InChI=1S/C17H32N4O3S.ClH/c1-14(15-12-18-13-15)17(22)20-8-10-21(11-9-20)25(23,24)19(2)16-6-4-3-5-7-16;/h14-16,18H,3-13H2,1-2H3;1H. The van der Waals surface area contributed by atoms with Crippen molar-refractivity contribution in [2.24, 2.45) is 11.8 Å². The van der Waals surface area contributed by atoms with Crippen LogP contribution in [0.3, 0.4) is 0 Å². The van der Waals surface area contributed by atoms with Crippen molar-refractivity contribution < 1.29 is 13.2 Å². The van der Waals surface area contributed by atoms with Gasteiger partial charge in [-0.15, -0.1) is 12.4 Å². The number of carbonyl (C=O) groups is 1. The first-order chi connectivity index (χ1) is 11.9. The van der Waals surface area contributed by atoms with Crippen LogP contribution >= 0.6 is 12.4 Å². The Bertz CT molecular complexity index is 571. The van der Waals surface area contributed by atoms with Gasteiger partial charge < -0.3 is 10.2 Å². The Morgan fingerprint density at radius 1 is 1.08 bits per heavy atom. The fourth-order valence-electron chi connectivity index (χ4n) is 4.11. The molecule has 7 nitrogen and oxygen atoms in total. The lowest BCUT2D eigenvalue weighted by Gasteiger charge is -2.40. The molecule has 26 heavy (non-hydrogen) atoms. The Hall–Kier alpha value is -0.410. The highest BCUT2D eigenvalue weighted by atomic mass is 35.5. The number of halogens is 1. The summed E-state index contributed by atoms with van der Waals surface area (Å²) in [7, 11) is -1.71. The van der Waals surface area contributed by atoms with Gasteiger partial charge in [0.15, 0.2) is 0 Å². The first-order valence-electron chi connectivity index (χ1n) is 9.64. The monoisotopic (exact) mass is 408 g/mol. The summed E-state index contributed by atoms with van der Waals surface area (Å²) in [4.78, 5) is 14.4. The SMILES string of the molecule is CC(C(=O)N1CCN(S(=O)(=O)N(C)C2CCCCC2)CC1)C1CNC1.Cl. The molecule has 0 aromatic heterocycles. The van der Waals surface area contributed by atoms with Gasteiger partial charge in [0.2, 0.25) is 5.91 Å². The Morgan fingerprint density at radius 3 is 2.15 bits per heavy atom. The van der Waals surface area contributed by atoms with Crippen molar-refractivity contribution in [1.82, 2.24) is 18.8 Å². The van der Waals surface area contributed by atoms with Gasteiger partial charge in [-0.1, -0.05) is 26.2 Å². The number of rotatable bonds is 5. The summed E-state index contributed by atoms with van der Waals surface area (Å²) in [5, 5.41) is 3.21. The molecule has 9 heteroatoms. The van der Waals surface area contributed by atoms with Crippen LogP contribution in [-0.2, 0) is 15.0 Å². The molecule has 1 aliphatic carbocycles. The molecule has 0 aromatic rings. The predicted molar refractivity (Wildman–Crippen MR) is 104 cm³/mol. The van der Waals surface area contributed by atoms with Crippen molar-refractivity contribution in [2.75, 3.05) is 46.3 Å². The molecule has 1 atom stereocenters. The molecule has 1 N–H and O–H groups in total. The number of hydrogen-bond donors (Lipinski definition) is 1. The summed E-state index contributed by atoms with van der Waals surface area (Å²) in [6.45, 7) is 5.62. The van der Waals surface area contributed by atoms with Gasteiger partial charge in [-0.3, -0.25) is 4.79 Å². The quantitative estimate of drug-likeness (QED) is 0.734. The highest BCUT2D eigenvalue weighted by Gasteiger charge is 2.37. The van der Waals surface area contributed by atoms with Crippen molar-refractivity contribution >= 4 is 28.5 Å². The molecular formula is C17H33ClN4O3S. The van der Waals surface area contributed by atoms with Crippen LogP contribution in [0.2, 0.25) is 0 Å². The summed E-state index contributed by atoms with van der Waals surface area (Å²) in [5.74, 6) is 0.616. The molecule has 3 fully saturated rings. The van der Waals surface area contributed by atoms with Crippen LogP contribution in [0.1, 0.15) is 39.0 Å². The number of carbonyl (C=O) groups excluding carboxylic acids is 1. The summed E-state index contributed by atoms with van der Waals surface area (Å²) in [6, 6.07) is 0.129. The minimum atomic E-state index is -3.42. The van der Waals surface area contributed by atoms with E-state index in [1.807, 2.05) is 11.8 Å². The van der Waals surface area contributed by atoms with E-state index in [4.69, 9.17) is 0 Å². The molecule has 2 saturated heterocycles. The van der Waals surface area contributed by atoms with E-state index in [0.29, 0.717) is 32.1 Å². The second kappa shape index (κ2) is 9.19.